The minimum atomic E-state index is -0.680. The summed E-state index contributed by atoms with van der Waals surface area (Å²) >= 11 is 0. The van der Waals surface area contributed by atoms with Crippen molar-refractivity contribution in [2.75, 3.05) is 34.3 Å². The lowest BCUT2D eigenvalue weighted by atomic mass is 9.83. The summed E-state index contributed by atoms with van der Waals surface area (Å²) in [6, 6.07) is 28.4. The second kappa shape index (κ2) is 17.8. The number of nitrogens with one attached hydrogen (secondary N) is 3. The second-order valence-electron chi connectivity index (χ2n) is 16.9. The van der Waals surface area contributed by atoms with E-state index in [-0.39, 0.29) is 29.8 Å². The van der Waals surface area contributed by atoms with Crippen molar-refractivity contribution in [2.24, 2.45) is 5.92 Å². The Morgan fingerprint density at radius 3 is 2.28 bits per heavy atom. The van der Waals surface area contributed by atoms with Crippen LogP contribution in [0, 0.1) is 5.92 Å². The third kappa shape index (κ3) is 8.54. The first-order chi connectivity index (χ1) is 29.5. The van der Waals surface area contributed by atoms with Crippen LogP contribution in [0.5, 0.6) is 0 Å². The summed E-state index contributed by atoms with van der Waals surface area (Å²) in [4.78, 5) is 62.1. The molecule has 1 unspecified atom stereocenters. The van der Waals surface area contributed by atoms with Gasteiger partial charge in [0.2, 0.25) is 11.8 Å². The molecule has 2 aliphatic rings. The van der Waals surface area contributed by atoms with E-state index in [9.17, 15) is 14.4 Å². The predicted octanol–water partition coefficient (Wildman–Crippen LogP) is 8.47. The number of nitrogens with zero attached hydrogens (tertiary/aromatic N) is 5. The zero-order valence-electron chi connectivity index (χ0n) is 36.0. The summed E-state index contributed by atoms with van der Waals surface area (Å²) in [5.74, 6) is 1.37. The van der Waals surface area contributed by atoms with Gasteiger partial charge in [0.15, 0.2) is 0 Å². The molecule has 0 radical (unpaired) electrons. The topological polar surface area (TPSA) is 140 Å². The summed E-state index contributed by atoms with van der Waals surface area (Å²) in [6.45, 7) is 7.60. The van der Waals surface area contributed by atoms with Gasteiger partial charge in [-0.1, -0.05) is 87.5 Å². The predicted molar refractivity (Wildman–Crippen MR) is 238 cm³/mol. The molecule has 3 heterocycles. The van der Waals surface area contributed by atoms with Crippen LogP contribution < -0.4 is 5.32 Å². The highest BCUT2D eigenvalue weighted by Gasteiger charge is 2.37. The maximum absolute atomic E-state index is 13.9. The van der Waals surface area contributed by atoms with Gasteiger partial charge in [-0.25, -0.2) is 14.8 Å². The lowest BCUT2D eigenvalue weighted by molar-refractivity contribution is -0.137. The molecule has 4 aromatic carbocycles. The maximum Gasteiger partial charge on any atom is 0.407 e. The van der Waals surface area contributed by atoms with Crippen LogP contribution in [0.1, 0.15) is 80.5 Å². The molecule has 1 saturated heterocycles. The molecule has 12 heteroatoms. The fourth-order valence-electron chi connectivity index (χ4n) is 9.08. The number of imidazole rings is 2. The van der Waals surface area contributed by atoms with Crippen LogP contribution in [-0.2, 0) is 33.7 Å². The highest BCUT2D eigenvalue weighted by molar-refractivity contribution is 5.88. The Kier molecular flexibility index (Phi) is 12.1. The number of amides is 3. The van der Waals surface area contributed by atoms with E-state index in [0.29, 0.717) is 19.6 Å². The first kappa shape index (κ1) is 41.5. The number of rotatable bonds is 13. The third-order valence-electron chi connectivity index (χ3n) is 12.2. The number of likely N-dealkylation sites (tertiary alicyclic amines) is 1. The van der Waals surface area contributed by atoms with Gasteiger partial charge in [0.25, 0.3) is 0 Å². The molecule has 0 bridgehead atoms. The standard InChI is InChI=1S/C49H56N8O4/c1-7-23-56(48(59)45(55(4)5)31-12-9-8-10-13-31)29-43-50-28-41(51-43)36-18-21-38-35(26-36)16-15-34-25-32(17-20-37(34)38)33-19-22-39-40(27-33)53-46(52-39)42-14-11-24-57(42)47(58)44(30(2)3)54-49(60)61-6/h8-10,12-13,17-22,25-28,30,42,44-45H,7,11,14-16,23-24,29H2,1-6H3,(H,50,51)(H,52,53)(H,54,60)/t42-,44-,45?/m0/s1. The smallest absolute Gasteiger partial charge is 0.407 e. The van der Waals surface area contributed by atoms with E-state index in [4.69, 9.17) is 14.7 Å². The molecule has 61 heavy (non-hydrogen) atoms. The van der Waals surface area contributed by atoms with Gasteiger partial charge in [0.05, 0.1) is 42.6 Å². The van der Waals surface area contributed by atoms with E-state index >= 15 is 0 Å². The highest BCUT2D eigenvalue weighted by atomic mass is 16.5. The Bertz CT molecular complexity index is 2540. The number of methoxy groups -OCH3 is 1. The number of alkyl carbamates (subject to hydrolysis) is 1. The summed E-state index contributed by atoms with van der Waals surface area (Å²) in [5.41, 5.74) is 12.1. The van der Waals surface area contributed by atoms with Crippen molar-refractivity contribution >= 4 is 28.9 Å². The van der Waals surface area contributed by atoms with Gasteiger partial charge in [-0.3, -0.25) is 14.5 Å². The number of aromatic nitrogens is 4. The van der Waals surface area contributed by atoms with E-state index in [1.807, 2.05) is 85.2 Å². The van der Waals surface area contributed by atoms with E-state index in [0.717, 1.165) is 82.7 Å². The number of aryl methyl sites for hydroxylation is 2. The minimum Gasteiger partial charge on any atom is -0.453 e. The van der Waals surface area contributed by atoms with Crippen molar-refractivity contribution in [3.63, 3.8) is 0 Å². The molecular weight excluding hydrogens is 765 g/mol. The zero-order valence-corrected chi connectivity index (χ0v) is 36.0. The van der Waals surface area contributed by atoms with Gasteiger partial charge >= 0.3 is 6.09 Å². The van der Waals surface area contributed by atoms with Crippen LogP contribution in [-0.4, -0.2) is 92.9 Å². The monoisotopic (exact) mass is 820 g/mol. The zero-order chi connectivity index (χ0) is 42.8. The molecule has 0 saturated carbocycles. The minimum absolute atomic E-state index is 0.0662. The van der Waals surface area contributed by atoms with Crippen LogP contribution >= 0.6 is 0 Å². The molecule has 3 amide bonds. The fraction of sp³-hybridized carbons (Fsp3) is 0.367. The number of carbonyl (C=O) groups is 3. The Morgan fingerprint density at radius 2 is 1.59 bits per heavy atom. The van der Waals surface area contributed by atoms with Gasteiger partial charge in [0, 0.05) is 13.1 Å². The number of fused-ring (bicyclic) bond motifs is 4. The largest absolute Gasteiger partial charge is 0.453 e. The number of aromatic amines is 2. The molecule has 12 nitrogen and oxygen atoms in total. The maximum atomic E-state index is 13.9. The Labute approximate surface area is 357 Å². The van der Waals surface area contributed by atoms with Crippen molar-refractivity contribution in [1.82, 2.24) is 40.0 Å². The van der Waals surface area contributed by atoms with E-state index < -0.39 is 12.1 Å². The van der Waals surface area contributed by atoms with Crippen molar-refractivity contribution in [3.8, 4) is 33.5 Å². The van der Waals surface area contributed by atoms with E-state index in [1.54, 1.807) is 0 Å². The number of hydrogen-bond donors (Lipinski definition) is 3. The number of ether oxygens (including phenoxy) is 1. The van der Waals surface area contributed by atoms with Crippen LogP contribution in [0.2, 0.25) is 0 Å². The first-order valence-corrected chi connectivity index (χ1v) is 21.5. The van der Waals surface area contributed by atoms with Gasteiger partial charge in [-0.15, -0.1) is 0 Å². The number of hydrogen-bond acceptors (Lipinski definition) is 7. The van der Waals surface area contributed by atoms with Crippen LogP contribution in [0.25, 0.3) is 44.5 Å². The summed E-state index contributed by atoms with van der Waals surface area (Å²) in [5, 5.41) is 2.73. The van der Waals surface area contributed by atoms with Gasteiger partial charge < -0.3 is 29.8 Å². The van der Waals surface area contributed by atoms with Crippen LogP contribution in [0.3, 0.4) is 0 Å². The van der Waals surface area contributed by atoms with Crippen LogP contribution in [0.15, 0.2) is 91.1 Å². The molecular formula is C49H56N8O4. The number of likely N-dealkylation sites (N-methyl/N-ethyl adjacent to an activating group) is 1. The molecule has 0 spiro atoms. The molecule has 3 N–H and O–H groups in total. The summed E-state index contributed by atoms with van der Waals surface area (Å²) in [7, 11) is 5.20. The molecule has 316 valence electrons. The lowest BCUT2D eigenvalue weighted by Crippen LogP contribution is -2.51. The molecule has 8 rings (SSSR count). The van der Waals surface area contributed by atoms with Gasteiger partial charge in [-0.05, 0) is 115 Å². The number of H-pyrrole nitrogens is 2. The first-order valence-electron chi connectivity index (χ1n) is 21.5. The molecule has 1 aliphatic heterocycles. The third-order valence-corrected chi connectivity index (χ3v) is 12.2. The molecule has 3 atom stereocenters. The molecule has 1 aliphatic carbocycles. The number of carbonyl (C=O) groups excluding carboxylic acids is 3. The van der Waals surface area contributed by atoms with Crippen molar-refractivity contribution in [3.05, 3.63) is 119 Å². The van der Waals surface area contributed by atoms with Crippen molar-refractivity contribution < 1.29 is 19.1 Å². The Hall–Kier alpha value is -6.27. The Morgan fingerprint density at radius 1 is 0.902 bits per heavy atom. The lowest BCUT2D eigenvalue weighted by Gasteiger charge is -2.30. The summed E-state index contributed by atoms with van der Waals surface area (Å²) in [6.07, 6.45) is 5.64. The average Bonchev–Trinajstić information content (AvgIpc) is 4.05. The fourth-order valence-corrected chi connectivity index (χ4v) is 9.08. The quantitative estimate of drug-likeness (QED) is 0.106. The molecule has 2 aromatic heterocycles. The SMILES string of the molecule is CCCN(Cc1ncc(-c2ccc3c(c2)CCc2cc(-c4ccc5nc([C@@H]6CCCN6C(=O)[C@@H](NC(=O)OC)C(C)C)[nH]c5c4)ccc2-3)[nH]1)C(=O)C(c1ccccc1)N(C)C. The average molecular weight is 821 g/mol. The second-order valence-corrected chi connectivity index (χ2v) is 16.9. The van der Waals surface area contributed by atoms with Crippen molar-refractivity contribution in [2.45, 2.75) is 77.5 Å². The Balaban J connectivity index is 0.973. The van der Waals surface area contributed by atoms with E-state index in [2.05, 4.69) is 70.7 Å². The van der Waals surface area contributed by atoms with Gasteiger partial charge in [-0.2, -0.15) is 0 Å². The molecule has 1 fully saturated rings. The van der Waals surface area contributed by atoms with Crippen molar-refractivity contribution in [1.29, 1.82) is 0 Å². The highest BCUT2D eigenvalue weighted by Crippen LogP contribution is 2.39. The summed E-state index contributed by atoms with van der Waals surface area (Å²) < 4.78 is 4.79. The normalized spacial score (nSPS) is 15.7. The van der Waals surface area contributed by atoms with E-state index in [1.165, 1.54) is 29.4 Å². The van der Waals surface area contributed by atoms with Gasteiger partial charge in [0.1, 0.15) is 23.7 Å². The number of benzene rings is 4. The van der Waals surface area contributed by atoms with Crippen LogP contribution in [0.4, 0.5) is 4.79 Å². The molecule has 6 aromatic rings.